The molecule has 100 valence electrons. The molecule has 0 aromatic heterocycles. The first kappa shape index (κ1) is 14.1. The van der Waals surface area contributed by atoms with E-state index < -0.39 is 0 Å². The maximum Gasteiger partial charge on any atom is 0.150 e. The van der Waals surface area contributed by atoms with Crippen molar-refractivity contribution in [3.63, 3.8) is 0 Å². The number of halogens is 1. The zero-order valence-corrected chi connectivity index (χ0v) is 12.2. The summed E-state index contributed by atoms with van der Waals surface area (Å²) in [4.78, 5) is 10.7. The molecule has 0 unspecified atom stereocenters. The molecule has 0 atom stereocenters. The number of hydrogen-bond donors (Lipinski definition) is 0. The summed E-state index contributed by atoms with van der Waals surface area (Å²) < 4.78 is 11.5. The molecule has 0 aliphatic rings. The molecule has 0 bridgehead atoms. The lowest BCUT2D eigenvalue weighted by Gasteiger charge is -2.10. The minimum atomic E-state index is 0.444. The fourth-order valence-corrected chi connectivity index (χ4v) is 2.09. The van der Waals surface area contributed by atoms with Crippen LogP contribution in [0.15, 0.2) is 40.9 Å². The third-order valence-electron chi connectivity index (χ3n) is 2.56. The Kier molecular flexibility index (Phi) is 4.38. The van der Waals surface area contributed by atoms with Crippen molar-refractivity contribution in [1.29, 1.82) is 5.26 Å². The van der Waals surface area contributed by atoms with Crippen LogP contribution in [0, 0.1) is 11.3 Å². The van der Waals surface area contributed by atoms with E-state index in [4.69, 9.17) is 14.7 Å². The Hall–Kier alpha value is -2.32. The molecule has 0 spiro atoms. The second-order valence-electron chi connectivity index (χ2n) is 3.92. The van der Waals surface area contributed by atoms with Gasteiger partial charge in [0.15, 0.2) is 0 Å². The van der Waals surface area contributed by atoms with Gasteiger partial charge < -0.3 is 9.47 Å². The molecule has 0 amide bonds. The van der Waals surface area contributed by atoms with E-state index in [-0.39, 0.29) is 0 Å². The van der Waals surface area contributed by atoms with Crippen LogP contribution in [-0.2, 0) is 0 Å². The molecule has 0 fully saturated rings. The van der Waals surface area contributed by atoms with Gasteiger partial charge in [0.1, 0.15) is 23.5 Å². The molecule has 2 aromatic carbocycles. The number of ether oxygens (including phenoxy) is 2. The lowest BCUT2D eigenvalue weighted by atomic mass is 10.2. The van der Waals surface area contributed by atoms with E-state index in [0.717, 1.165) is 6.29 Å². The van der Waals surface area contributed by atoms with Crippen molar-refractivity contribution in [2.75, 3.05) is 7.11 Å². The topological polar surface area (TPSA) is 59.3 Å². The smallest absolute Gasteiger partial charge is 0.150 e. The fraction of sp³-hybridized carbons (Fsp3) is 0.0667. The van der Waals surface area contributed by atoms with Gasteiger partial charge >= 0.3 is 0 Å². The van der Waals surface area contributed by atoms with E-state index in [2.05, 4.69) is 15.9 Å². The number of methoxy groups -OCH3 is 1. The van der Waals surface area contributed by atoms with Gasteiger partial charge in [-0.2, -0.15) is 5.26 Å². The number of rotatable bonds is 4. The number of hydrogen-bond acceptors (Lipinski definition) is 4. The van der Waals surface area contributed by atoms with Crippen molar-refractivity contribution in [2.45, 2.75) is 0 Å². The van der Waals surface area contributed by atoms with E-state index in [1.54, 1.807) is 36.4 Å². The molecular formula is C15H10BrNO3. The van der Waals surface area contributed by atoms with Crippen LogP contribution in [0.4, 0.5) is 0 Å². The zero-order chi connectivity index (χ0) is 14.5. The van der Waals surface area contributed by atoms with Crippen LogP contribution < -0.4 is 9.47 Å². The van der Waals surface area contributed by atoms with Gasteiger partial charge in [0, 0.05) is 11.6 Å². The first-order chi connectivity index (χ1) is 9.66. The van der Waals surface area contributed by atoms with Gasteiger partial charge in [0.05, 0.1) is 23.2 Å². The highest BCUT2D eigenvalue weighted by atomic mass is 79.9. The van der Waals surface area contributed by atoms with Gasteiger partial charge in [0.25, 0.3) is 0 Å². The van der Waals surface area contributed by atoms with Crippen molar-refractivity contribution >= 4 is 22.2 Å². The molecule has 0 radical (unpaired) electrons. The van der Waals surface area contributed by atoms with Crippen LogP contribution >= 0.6 is 15.9 Å². The van der Waals surface area contributed by atoms with Crippen LogP contribution in [-0.4, -0.2) is 13.4 Å². The van der Waals surface area contributed by atoms with Crippen LogP contribution in [0.3, 0.4) is 0 Å². The maximum absolute atomic E-state index is 10.7. The number of nitriles is 1. The Bertz CT molecular complexity index is 692. The average molecular weight is 332 g/mol. The third kappa shape index (κ3) is 3.16. The molecular weight excluding hydrogens is 322 g/mol. The summed E-state index contributed by atoms with van der Waals surface area (Å²) in [6.45, 7) is 0. The largest absolute Gasteiger partial charge is 0.497 e. The van der Waals surface area contributed by atoms with Crippen molar-refractivity contribution in [2.24, 2.45) is 0 Å². The van der Waals surface area contributed by atoms with E-state index in [1.165, 1.54) is 7.11 Å². The van der Waals surface area contributed by atoms with Crippen molar-refractivity contribution in [1.82, 2.24) is 0 Å². The van der Waals surface area contributed by atoms with Crippen LogP contribution in [0.1, 0.15) is 15.9 Å². The normalized spacial score (nSPS) is 9.65. The molecule has 2 aromatic rings. The second-order valence-corrected chi connectivity index (χ2v) is 4.77. The standard InChI is InChI=1S/C15H10BrNO3/c1-19-12-4-11(8-17)5-13(7-12)20-15-3-2-10(9-18)6-14(15)16/h2-7,9H,1H3. The maximum atomic E-state index is 10.7. The lowest BCUT2D eigenvalue weighted by molar-refractivity contribution is 0.112. The SMILES string of the molecule is COc1cc(C#N)cc(Oc2ccc(C=O)cc2Br)c1. The van der Waals surface area contributed by atoms with Gasteiger partial charge in [-0.1, -0.05) is 0 Å². The molecule has 0 heterocycles. The summed E-state index contributed by atoms with van der Waals surface area (Å²) in [6, 6.07) is 12.0. The van der Waals surface area contributed by atoms with Gasteiger partial charge in [-0.25, -0.2) is 0 Å². The second kappa shape index (κ2) is 6.22. The van der Waals surface area contributed by atoms with Crippen LogP contribution in [0.25, 0.3) is 0 Å². The van der Waals surface area contributed by atoms with Gasteiger partial charge in [-0.15, -0.1) is 0 Å². The van der Waals surface area contributed by atoms with Crippen LogP contribution in [0.2, 0.25) is 0 Å². The number of benzene rings is 2. The van der Waals surface area contributed by atoms with Crippen molar-refractivity contribution < 1.29 is 14.3 Å². The molecule has 20 heavy (non-hydrogen) atoms. The third-order valence-corrected chi connectivity index (χ3v) is 3.18. The quantitative estimate of drug-likeness (QED) is 0.796. The summed E-state index contributed by atoms with van der Waals surface area (Å²) >= 11 is 3.34. The highest BCUT2D eigenvalue weighted by molar-refractivity contribution is 9.10. The molecule has 5 heteroatoms. The van der Waals surface area contributed by atoms with E-state index in [0.29, 0.717) is 32.8 Å². The lowest BCUT2D eigenvalue weighted by Crippen LogP contribution is -1.90. The van der Waals surface area contributed by atoms with E-state index in [1.807, 2.05) is 6.07 Å². The molecule has 2 rings (SSSR count). The summed E-state index contributed by atoms with van der Waals surface area (Å²) in [5.74, 6) is 1.58. The number of carbonyl (C=O) groups excluding carboxylic acids is 1. The van der Waals surface area contributed by atoms with Crippen molar-refractivity contribution in [3.05, 3.63) is 52.0 Å². The zero-order valence-electron chi connectivity index (χ0n) is 10.6. The Morgan fingerprint density at radius 3 is 2.55 bits per heavy atom. The summed E-state index contributed by atoms with van der Waals surface area (Å²) in [6.07, 6.45) is 0.758. The van der Waals surface area contributed by atoms with Crippen LogP contribution in [0.5, 0.6) is 17.2 Å². The van der Waals surface area contributed by atoms with Crippen molar-refractivity contribution in [3.8, 4) is 23.3 Å². The van der Waals surface area contributed by atoms with Gasteiger partial charge in [-0.3, -0.25) is 4.79 Å². The summed E-state index contributed by atoms with van der Waals surface area (Å²) in [5, 5.41) is 8.96. The monoisotopic (exact) mass is 331 g/mol. The molecule has 0 saturated heterocycles. The molecule has 0 aliphatic carbocycles. The number of nitrogens with zero attached hydrogens (tertiary/aromatic N) is 1. The first-order valence-electron chi connectivity index (χ1n) is 5.68. The molecule has 0 aliphatic heterocycles. The summed E-state index contributed by atoms with van der Waals surface area (Å²) in [7, 11) is 1.52. The Morgan fingerprint density at radius 1 is 1.20 bits per heavy atom. The Balaban J connectivity index is 2.34. The summed E-state index contributed by atoms with van der Waals surface area (Å²) in [5.41, 5.74) is 0.993. The Morgan fingerprint density at radius 2 is 1.95 bits per heavy atom. The number of aldehydes is 1. The average Bonchev–Trinajstić information content (AvgIpc) is 2.48. The number of carbonyl (C=O) groups is 1. The molecule has 0 N–H and O–H groups in total. The highest BCUT2D eigenvalue weighted by Crippen LogP contribution is 2.32. The minimum Gasteiger partial charge on any atom is -0.497 e. The molecule has 0 saturated carbocycles. The minimum absolute atomic E-state index is 0.444. The Labute approximate surface area is 124 Å². The fourth-order valence-electron chi connectivity index (χ4n) is 1.61. The first-order valence-corrected chi connectivity index (χ1v) is 6.47. The molecule has 4 nitrogen and oxygen atoms in total. The van der Waals surface area contributed by atoms with Gasteiger partial charge in [0.2, 0.25) is 0 Å². The van der Waals surface area contributed by atoms with E-state index in [9.17, 15) is 4.79 Å². The predicted octanol–water partition coefficient (Wildman–Crippen LogP) is 3.93. The van der Waals surface area contributed by atoms with E-state index >= 15 is 0 Å². The highest BCUT2D eigenvalue weighted by Gasteiger charge is 2.07. The van der Waals surface area contributed by atoms with Gasteiger partial charge in [-0.05, 0) is 46.3 Å². The predicted molar refractivity (Wildman–Crippen MR) is 77.3 cm³/mol.